The molecule has 4 rings (SSSR count). The number of hydrogen-bond acceptors (Lipinski definition) is 4. The monoisotopic (exact) mass is 435 g/mol. The number of nitrogens with one attached hydrogen (secondary N) is 2. The maximum Gasteiger partial charge on any atom is 0.255 e. The van der Waals surface area contributed by atoms with Crippen molar-refractivity contribution in [2.24, 2.45) is 5.41 Å². The minimum atomic E-state index is -0.529. The Bertz CT molecular complexity index is 1150. The Morgan fingerprint density at radius 1 is 1.13 bits per heavy atom. The summed E-state index contributed by atoms with van der Waals surface area (Å²) in [6, 6.07) is 12.9. The zero-order valence-corrected chi connectivity index (χ0v) is 18.9. The first kappa shape index (κ1) is 21.3. The Kier molecular flexibility index (Phi) is 5.48. The van der Waals surface area contributed by atoms with Gasteiger partial charge in [0.15, 0.2) is 5.78 Å². The van der Waals surface area contributed by atoms with E-state index in [1.165, 1.54) is 0 Å². The van der Waals surface area contributed by atoms with Crippen LogP contribution in [0.2, 0.25) is 5.02 Å². The van der Waals surface area contributed by atoms with Crippen molar-refractivity contribution in [3.05, 3.63) is 81.3 Å². The summed E-state index contributed by atoms with van der Waals surface area (Å²) in [4.78, 5) is 31.2. The zero-order chi connectivity index (χ0) is 22.3. The van der Waals surface area contributed by atoms with Crippen LogP contribution in [-0.4, -0.2) is 16.7 Å². The summed E-state index contributed by atoms with van der Waals surface area (Å²) in [7, 11) is 0. The van der Waals surface area contributed by atoms with Crippen molar-refractivity contribution in [1.29, 1.82) is 0 Å². The predicted molar refractivity (Wildman–Crippen MR) is 123 cm³/mol. The molecule has 2 aromatic rings. The summed E-state index contributed by atoms with van der Waals surface area (Å²) < 4.78 is 0. The summed E-state index contributed by atoms with van der Waals surface area (Å²) in [6.07, 6.45) is 1.17. The summed E-state index contributed by atoms with van der Waals surface area (Å²) >= 11 is 6.57. The van der Waals surface area contributed by atoms with Gasteiger partial charge in [-0.25, -0.2) is 4.98 Å². The van der Waals surface area contributed by atoms with Gasteiger partial charge in [-0.05, 0) is 49.4 Å². The van der Waals surface area contributed by atoms with E-state index < -0.39 is 5.92 Å². The average Bonchev–Trinajstić information content (AvgIpc) is 2.66. The smallest absolute Gasteiger partial charge is 0.255 e. The Labute approximate surface area is 187 Å². The maximum atomic E-state index is 13.5. The van der Waals surface area contributed by atoms with E-state index in [9.17, 15) is 9.59 Å². The van der Waals surface area contributed by atoms with E-state index in [2.05, 4.69) is 29.5 Å². The zero-order valence-electron chi connectivity index (χ0n) is 18.2. The van der Waals surface area contributed by atoms with Crippen molar-refractivity contribution in [3.63, 3.8) is 0 Å². The van der Waals surface area contributed by atoms with Crippen LogP contribution in [0.25, 0.3) is 0 Å². The molecule has 0 fully saturated rings. The number of hydrogen-bond donors (Lipinski definition) is 2. The molecule has 1 aliphatic heterocycles. The molecule has 0 spiro atoms. The molecule has 1 atom stereocenters. The van der Waals surface area contributed by atoms with Crippen LogP contribution < -0.4 is 10.6 Å². The lowest BCUT2D eigenvalue weighted by molar-refractivity contribution is -0.118. The van der Waals surface area contributed by atoms with Gasteiger partial charge < -0.3 is 10.6 Å². The number of Topliss-reactive ketones (excluding diaryl/α,β-unsaturated/α-hetero) is 1. The number of anilines is 1. The molecule has 0 saturated heterocycles. The fourth-order valence-electron chi connectivity index (χ4n) is 4.55. The number of halogens is 1. The van der Waals surface area contributed by atoms with E-state index in [-0.39, 0.29) is 17.1 Å². The van der Waals surface area contributed by atoms with Crippen molar-refractivity contribution in [2.45, 2.75) is 46.5 Å². The van der Waals surface area contributed by atoms with Gasteiger partial charge in [-0.3, -0.25) is 9.59 Å². The number of ketones is 1. The molecule has 160 valence electrons. The molecular weight excluding hydrogens is 410 g/mol. The van der Waals surface area contributed by atoms with E-state index in [1.807, 2.05) is 44.2 Å². The number of carbonyl (C=O) groups is 2. The molecule has 1 aliphatic carbocycles. The van der Waals surface area contributed by atoms with Gasteiger partial charge in [0.25, 0.3) is 5.91 Å². The highest BCUT2D eigenvalue weighted by atomic mass is 35.5. The van der Waals surface area contributed by atoms with Crippen molar-refractivity contribution in [2.75, 3.05) is 5.32 Å². The average molecular weight is 436 g/mol. The lowest BCUT2D eigenvalue weighted by Crippen LogP contribution is -2.39. The normalized spacial score (nSPS) is 20.3. The molecular formula is C25H26ClN3O2. The van der Waals surface area contributed by atoms with Crippen LogP contribution in [0.15, 0.2) is 65.0 Å². The second-order valence-electron chi connectivity index (χ2n) is 9.07. The first-order valence-electron chi connectivity index (χ1n) is 10.4. The van der Waals surface area contributed by atoms with Gasteiger partial charge in [0, 0.05) is 45.6 Å². The van der Waals surface area contributed by atoms with Crippen molar-refractivity contribution in [3.8, 4) is 0 Å². The highest BCUT2D eigenvalue weighted by molar-refractivity contribution is 6.31. The van der Waals surface area contributed by atoms with E-state index >= 15 is 0 Å². The van der Waals surface area contributed by atoms with Crippen molar-refractivity contribution in [1.82, 2.24) is 10.3 Å². The lowest BCUT2D eigenvalue weighted by atomic mass is 9.68. The number of nitrogens with zero attached hydrogens (tertiary/aromatic N) is 1. The van der Waals surface area contributed by atoms with Gasteiger partial charge in [-0.15, -0.1) is 0 Å². The second kappa shape index (κ2) is 7.97. The third-order valence-corrected chi connectivity index (χ3v) is 6.17. The number of carbonyl (C=O) groups excluding carboxylic acids is 2. The van der Waals surface area contributed by atoms with Gasteiger partial charge in [0.05, 0.1) is 0 Å². The van der Waals surface area contributed by atoms with Gasteiger partial charge >= 0.3 is 0 Å². The van der Waals surface area contributed by atoms with Gasteiger partial charge in [0.1, 0.15) is 5.82 Å². The molecule has 0 unspecified atom stereocenters. The van der Waals surface area contributed by atoms with E-state index in [0.29, 0.717) is 28.4 Å². The molecule has 1 aromatic carbocycles. The van der Waals surface area contributed by atoms with Crippen LogP contribution in [0, 0.1) is 12.3 Å². The van der Waals surface area contributed by atoms with Crippen LogP contribution in [0.5, 0.6) is 0 Å². The number of dihydropyridines is 1. The first-order chi connectivity index (χ1) is 14.7. The molecule has 1 amide bonds. The number of amides is 1. The molecule has 31 heavy (non-hydrogen) atoms. The van der Waals surface area contributed by atoms with Gasteiger partial charge in [-0.2, -0.15) is 0 Å². The molecule has 5 nitrogen and oxygen atoms in total. The molecule has 2 aliphatic rings. The third-order valence-electron chi connectivity index (χ3n) is 5.83. The predicted octanol–water partition coefficient (Wildman–Crippen LogP) is 5.29. The summed E-state index contributed by atoms with van der Waals surface area (Å²) in [5, 5.41) is 6.80. The highest BCUT2D eigenvalue weighted by Gasteiger charge is 2.43. The number of benzene rings is 1. The maximum absolute atomic E-state index is 13.5. The number of rotatable bonds is 3. The molecule has 2 heterocycles. The second-order valence-corrected chi connectivity index (χ2v) is 9.48. The van der Waals surface area contributed by atoms with Crippen molar-refractivity contribution >= 4 is 29.1 Å². The van der Waals surface area contributed by atoms with Crippen LogP contribution in [0.3, 0.4) is 0 Å². The number of pyridine rings is 1. The van der Waals surface area contributed by atoms with Crippen LogP contribution in [-0.2, 0) is 9.59 Å². The minimum absolute atomic E-state index is 0.0511. The van der Waals surface area contributed by atoms with Crippen LogP contribution in [0.4, 0.5) is 5.82 Å². The van der Waals surface area contributed by atoms with Crippen LogP contribution >= 0.6 is 11.6 Å². The summed E-state index contributed by atoms with van der Waals surface area (Å²) in [6.45, 7) is 7.92. The molecule has 0 saturated carbocycles. The van der Waals surface area contributed by atoms with Gasteiger partial charge in [-0.1, -0.05) is 49.7 Å². The Balaban J connectivity index is 1.83. The SMILES string of the molecule is CC1=C(C(=O)Nc2cccc(C)n2)[C@H](c2ccccc2Cl)C2=C(CC(C)(C)CC2=O)N1. The first-order valence-corrected chi connectivity index (χ1v) is 10.8. The summed E-state index contributed by atoms with van der Waals surface area (Å²) in [5.41, 5.74) is 4.16. The Morgan fingerprint density at radius 3 is 2.58 bits per heavy atom. The van der Waals surface area contributed by atoms with Crippen molar-refractivity contribution < 1.29 is 9.59 Å². The Hall–Kier alpha value is -2.92. The third kappa shape index (κ3) is 4.15. The fourth-order valence-corrected chi connectivity index (χ4v) is 4.80. The topological polar surface area (TPSA) is 71.1 Å². The standard InChI is InChI=1S/C25H26ClN3O2/c1-14-8-7-11-20(27-14)29-24(31)21-15(2)28-18-12-25(3,4)13-19(30)23(18)22(21)16-9-5-6-10-17(16)26/h5-11,22,28H,12-13H2,1-4H3,(H,27,29,31)/t22-/m0/s1. The number of allylic oxidation sites excluding steroid dienone is 3. The number of aromatic nitrogens is 1. The van der Waals surface area contributed by atoms with Crippen LogP contribution in [0.1, 0.15) is 50.8 Å². The lowest BCUT2D eigenvalue weighted by Gasteiger charge is -2.39. The largest absolute Gasteiger partial charge is 0.362 e. The molecule has 1 aromatic heterocycles. The minimum Gasteiger partial charge on any atom is -0.362 e. The summed E-state index contributed by atoms with van der Waals surface area (Å²) in [5.74, 6) is -0.301. The fraction of sp³-hybridized carbons (Fsp3) is 0.320. The number of aryl methyl sites for hydroxylation is 1. The van der Waals surface area contributed by atoms with Gasteiger partial charge in [0.2, 0.25) is 0 Å². The molecule has 0 bridgehead atoms. The van der Waals surface area contributed by atoms with E-state index in [4.69, 9.17) is 11.6 Å². The Morgan fingerprint density at radius 2 is 1.87 bits per heavy atom. The quantitative estimate of drug-likeness (QED) is 0.687. The van der Waals surface area contributed by atoms with E-state index in [1.54, 1.807) is 12.1 Å². The van der Waals surface area contributed by atoms with E-state index in [0.717, 1.165) is 29.1 Å². The molecule has 0 radical (unpaired) electrons. The highest BCUT2D eigenvalue weighted by Crippen LogP contribution is 2.47. The molecule has 2 N–H and O–H groups in total. The molecule has 6 heteroatoms.